The maximum absolute atomic E-state index is 6.09. The molecule has 1 aliphatic heterocycles. The summed E-state index contributed by atoms with van der Waals surface area (Å²) in [5.41, 5.74) is 7.24. The number of hydrazone groups is 1. The number of benzene rings is 3. The standard InChI is InChI=1S/C23H21ClN2/c1-16-8-13-21(17(2)14-16)22-15-23(18-9-11-19(24)12-10-18)26(25-22)20-6-4-3-5-7-20/h3-14,23H,15H2,1-2H3/t23-/m0/s1. The summed E-state index contributed by atoms with van der Waals surface area (Å²) >= 11 is 6.09. The SMILES string of the molecule is Cc1ccc(C2=NN(c3ccccc3)[C@H](c3ccc(Cl)cc3)C2)c(C)c1. The van der Waals surface area contributed by atoms with Crippen LogP contribution in [0, 0.1) is 13.8 Å². The van der Waals surface area contributed by atoms with E-state index in [9.17, 15) is 0 Å². The van der Waals surface area contributed by atoms with Gasteiger partial charge in [-0.15, -0.1) is 0 Å². The third-order valence-corrected chi connectivity index (χ3v) is 5.13. The van der Waals surface area contributed by atoms with Gasteiger partial charge in [-0.1, -0.05) is 65.7 Å². The number of aryl methyl sites for hydroxylation is 2. The molecule has 0 unspecified atom stereocenters. The fourth-order valence-electron chi connectivity index (χ4n) is 3.57. The lowest BCUT2D eigenvalue weighted by Crippen LogP contribution is -2.18. The molecule has 3 aromatic rings. The highest BCUT2D eigenvalue weighted by molar-refractivity contribution is 6.30. The van der Waals surface area contributed by atoms with Crippen LogP contribution in [0.25, 0.3) is 0 Å². The first-order chi connectivity index (χ1) is 12.6. The van der Waals surface area contributed by atoms with Gasteiger partial charge in [-0.2, -0.15) is 5.10 Å². The molecule has 0 N–H and O–H groups in total. The molecule has 0 fully saturated rings. The van der Waals surface area contributed by atoms with E-state index >= 15 is 0 Å². The van der Waals surface area contributed by atoms with Crippen molar-refractivity contribution in [2.45, 2.75) is 26.3 Å². The average molecular weight is 361 g/mol. The first kappa shape index (κ1) is 16.9. The monoisotopic (exact) mass is 360 g/mol. The summed E-state index contributed by atoms with van der Waals surface area (Å²) in [6.45, 7) is 4.29. The molecule has 3 heteroatoms. The van der Waals surface area contributed by atoms with Crippen LogP contribution in [0.2, 0.25) is 5.02 Å². The first-order valence-corrected chi connectivity index (χ1v) is 9.24. The minimum absolute atomic E-state index is 0.172. The Bertz CT molecular complexity index is 946. The molecule has 0 saturated carbocycles. The van der Waals surface area contributed by atoms with Gasteiger partial charge in [-0.05, 0) is 49.2 Å². The van der Waals surface area contributed by atoms with E-state index in [1.807, 2.05) is 18.2 Å². The maximum atomic E-state index is 6.09. The van der Waals surface area contributed by atoms with Crippen LogP contribution in [-0.2, 0) is 0 Å². The molecule has 3 aromatic carbocycles. The van der Waals surface area contributed by atoms with Gasteiger partial charge in [0.15, 0.2) is 0 Å². The van der Waals surface area contributed by atoms with E-state index in [1.54, 1.807) is 0 Å². The zero-order chi connectivity index (χ0) is 18.1. The summed E-state index contributed by atoms with van der Waals surface area (Å²) in [6.07, 6.45) is 0.875. The Kier molecular flexibility index (Phi) is 4.52. The lowest BCUT2D eigenvalue weighted by Gasteiger charge is -2.24. The summed E-state index contributed by atoms with van der Waals surface area (Å²) in [5, 5.41) is 7.91. The van der Waals surface area contributed by atoms with Crippen molar-refractivity contribution >= 4 is 23.0 Å². The molecule has 1 heterocycles. The molecule has 2 nitrogen and oxygen atoms in total. The van der Waals surface area contributed by atoms with E-state index in [0.29, 0.717) is 0 Å². The van der Waals surface area contributed by atoms with Gasteiger partial charge in [-0.25, -0.2) is 0 Å². The molecule has 1 atom stereocenters. The highest BCUT2D eigenvalue weighted by Gasteiger charge is 2.30. The average Bonchev–Trinajstić information content (AvgIpc) is 3.08. The molecule has 0 radical (unpaired) electrons. The molecule has 4 rings (SSSR count). The van der Waals surface area contributed by atoms with E-state index in [1.165, 1.54) is 22.3 Å². The van der Waals surface area contributed by atoms with Crippen molar-refractivity contribution in [3.63, 3.8) is 0 Å². The van der Waals surface area contributed by atoms with Crippen LogP contribution in [0.1, 0.15) is 34.7 Å². The van der Waals surface area contributed by atoms with E-state index in [4.69, 9.17) is 16.7 Å². The summed E-state index contributed by atoms with van der Waals surface area (Å²) in [4.78, 5) is 0. The Balaban J connectivity index is 1.76. The highest BCUT2D eigenvalue weighted by atomic mass is 35.5. The van der Waals surface area contributed by atoms with Gasteiger partial charge in [0, 0.05) is 17.0 Å². The van der Waals surface area contributed by atoms with Gasteiger partial charge in [0.05, 0.1) is 17.4 Å². The Morgan fingerprint density at radius 3 is 2.35 bits per heavy atom. The van der Waals surface area contributed by atoms with Gasteiger partial charge in [0.2, 0.25) is 0 Å². The zero-order valence-corrected chi connectivity index (χ0v) is 15.7. The van der Waals surface area contributed by atoms with Crippen molar-refractivity contribution < 1.29 is 0 Å². The Morgan fingerprint density at radius 2 is 1.65 bits per heavy atom. The Hall–Kier alpha value is -2.58. The molecule has 0 aromatic heterocycles. The van der Waals surface area contributed by atoms with Gasteiger partial charge in [0.25, 0.3) is 0 Å². The topological polar surface area (TPSA) is 15.6 Å². The fraction of sp³-hybridized carbons (Fsp3) is 0.174. The third kappa shape index (κ3) is 3.25. The van der Waals surface area contributed by atoms with Gasteiger partial charge in [-0.3, -0.25) is 5.01 Å². The van der Waals surface area contributed by atoms with Gasteiger partial charge in [0.1, 0.15) is 0 Å². The normalized spacial score (nSPS) is 16.7. The summed E-state index contributed by atoms with van der Waals surface area (Å²) < 4.78 is 0. The van der Waals surface area contributed by atoms with E-state index in [0.717, 1.165) is 22.8 Å². The van der Waals surface area contributed by atoms with Crippen LogP contribution < -0.4 is 5.01 Å². The quantitative estimate of drug-likeness (QED) is 0.534. The molecular weight excluding hydrogens is 340 g/mol. The van der Waals surface area contributed by atoms with Crippen LogP contribution in [0.4, 0.5) is 5.69 Å². The van der Waals surface area contributed by atoms with Crippen LogP contribution in [-0.4, -0.2) is 5.71 Å². The molecule has 0 amide bonds. The largest absolute Gasteiger partial charge is 0.257 e. The van der Waals surface area contributed by atoms with E-state index in [-0.39, 0.29) is 6.04 Å². The Labute approximate surface area is 159 Å². The van der Waals surface area contributed by atoms with E-state index in [2.05, 4.69) is 73.5 Å². The number of rotatable bonds is 3. The molecule has 0 aliphatic carbocycles. The lowest BCUT2D eigenvalue weighted by molar-refractivity contribution is 0.709. The number of hydrogen-bond donors (Lipinski definition) is 0. The number of anilines is 1. The Morgan fingerprint density at radius 1 is 0.923 bits per heavy atom. The van der Waals surface area contributed by atoms with Crippen LogP contribution in [0.5, 0.6) is 0 Å². The molecule has 0 bridgehead atoms. The van der Waals surface area contributed by atoms with Crippen molar-refractivity contribution in [3.8, 4) is 0 Å². The second-order valence-corrected chi connectivity index (χ2v) is 7.25. The predicted molar refractivity (Wildman–Crippen MR) is 110 cm³/mol. The number of halogens is 1. The van der Waals surface area contributed by atoms with Crippen molar-refractivity contribution in [2.24, 2.45) is 5.10 Å². The summed E-state index contributed by atoms with van der Waals surface area (Å²) in [6, 6.07) is 25.2. The second kappa shape index (κ2) is 6.97. The van der Waals surface area contributed by atoms with E-state index < -0.39 is 0 Å². The number of hydrogen-bond acceptors (Lipinski definition) is 2. The van der Waals surface area contributed by atoms with Crippen molar-refractivity contribution in [1.29, 1.82) is 0 Å². The molecule has 1 aliphatic rings. The lowest BCUT2D eigenvalue weighted by atomic mass is 9.95. The van der Waals surface area contributed by atoms with Crippen molar-refractivity contribution in [3.05, 3.63) is 100 Å². The minimum Gasteiger partial charge on any atom is -0.257 e. The molecule has 26 heavy (non-hydrogen) atoms. The molecule has 0 saturated heterocycles. The van der Waals surface area contributed by atoms with Crippen LogP contribution in [0.3, 0.4) is 0 Å². The van der Waals surface area contributed by atoms with Gasteiger partial charge >= 0.3 is 0 Å². The van der Waals surface area contributed by atoms with Crippen LogP contribution >= 0.6 is 11.6 Å². The smallest absolute Gasteiger partial charge is 0.0831 e. The maximum Gasteiger partial charge on any atom is 0.0831 e. The zero-order valence-electron chi connectivity index (χ0n) is 15.0. The highest BCUT2D eigenvalue weighted by Crippen LogP contribution is 2.37. The minimum atomic E-state index is 0.172. The molecular formula is C23H21ClN2. The van der Waals surface area contributed by atoms with Crippen LogP contribution in [0.15, 0.2) is 77.9 Å². The fourth-order valence-corrected chi connectivity index (χ4v) is 3.70. The number of nitrogens with zero attached hydrogens (tertiary/aromatic N) is 2. The molecule has 0 spiro atoms. The number of para-hydroxylation sites is 1. The first-order valence-electron chi connectivity index (χ1n) is 8.86. The summed E-state index contributed by atoms with van der Waals surface area (Å²) in [5.74, 6) is 0. The van der Waals surface area contributed by atoms with Crippen molar-refractivity contribution in [1.82, 2.24) is 0 Å². The second-order valence-electron chi connectivity index (χ2n) is 6.82. The third-order valence-electron chi connectivity index (χ3n) is 4.88. The molecule has 130 valence electrons. The predicted octanol–water partition coefficient (Wildman–Crippen LogP) is 6.31. The summed E-state index contributed by atoms with van der Waals surface area (Å²) in [7, 11) is 0. The van der Waals surface area contributed by atoms with Gasteiger partial charge < -0.3 is 0 Å². The van der Waals surface area contributed by atoms with Crippen molar-refractivity contribution in [2.75, 3.05) is 5.01 Å².